The first-order valence-electron chi connectivity index (χ1n) is 21.0. The highest BCUT2D eigenvalue weighted by molar-refractivity contribution is 7.47. The molecule has 0 aliphatic carbocycles. The average Bonchev–Trinajstić information content (AvgIpc) is 3.19. The van der Waals surface area contributed by atoms with E-state index >= 15 is 0 Å². The monoisotopic (exact) mass is 811 g/mol. The number of esters is 2. The number of carbonyl (C=O) groups is 2. The number of unbranched alkanes of at least 4 members (excludes halogenated alkanes) is 13. The highest BCUT2D eigenvalue weighted by atomic mass is 31.2. The predicted molar refractivity (Wildman–Crippen MR) is 225 cm³/mol. The highest BCUT2D eigenvalue weighted by Crippen LogP contribution is 2.43. The number of phosphoric acid groups is 1. The lowest BCUT2D eigenvalue weighted by Crippen LogP contribution is -2.29. The van der Waals surface area contributed by atoms with Gasteiger partial charge >= 0.3 is 19.8 Å². The number of allylic oxidation sites excluding steroid dienone is 12. The van der Waals surface area contributed by atoms with Gasteiger partial charge in [-0.1, -0.05) is 125 Å². The Bertz CT molecular complexity index is 1160. The van der Waals surface area contributed by atoms with Gasteiger partial charge in [-0.25, -0.2) is 4.57 Å². The number of hydrogen-bond acceptors (Lipinski definition) is 10. The largest absolute Gasteiger partial charge is 0.472 e. The average molecular weight is 811 g/mol. The van der Waals surface area contributed by atoms with E-state index in [-0.39, 0.29) is 26.1 Å². The van der Waals surface area contributed by atoms with Gasteiger partial charge in [0.15, 0.2) is 6.10 Å². The lowest BCUT2D eigenvalue weighted by atomic mass is 10.1. The first-order valence-corrected chi connectivity index (χ1v) is 22.5. The number of aliphatic hydroxyl groups is 3. The zero-order valence-corrected chi connectivity index (χ0v) is 35.2. The van der Waals surface area contributed by atoms with Gasteiger partial charge in [-0.2, -0.15) is 0 Å². The molecule has 0 fully saturated rings. The number of rotatable bonds is 39. The maximum atomic E-state index is 12.6. The van der Waals surface area contributed by atoms with Crippen molar-refractivity contribution in [1.82, 2.24) is 0 Å². The minimum atomic E-state index is -4.64. The third-order valence-corrected chi connectivity index (χ3v) is 9.37. The van der Waals surface area contributed by atoms with Crippen LogP contribution in [0.25, 0.3) is 0 Å². The lowest BCUT2D eigenvalue weighted by molar-refractivity contribution is -0.161. The van der Waals surface area contributed by atoms with Crippen LogP contribution in [0.1, 0.15) is 148 Å². The normalized spacial score (nSPS) is 14.6. The number of hydrogen-bond donors (Lipinski definition) is 4. The van der Waals surface area contributed by atoms with Gasteiger partial charge in [0.2, 0.25) is 0 Å². The molecule has 0 saturated heterocycles. The van der Waals surface area contributed by atoms with E-state index in [4.69, 9.17) is 24.2 Å². The van der Waals surface area contributed by atoms with Crippen molar-refractivity contribution in [1.29, 1.82) is 0 Å². The Balaban J connectivity index is 4.45. The van der Waals surface area contributed by atoms with E-state index < -0.39 is 51.8 Å². The first kappa shape index (κ1) is 53.4. The summed E-state index contributed by atoms with van der Waals surface area (Å²) in [5, 5.41) is 27.1. The molecule has 3 atom stereocenters. The fourth-order valence-corrected chi connectivity index (χ4v) is 5.92. The molecule has 0 heterocycles. The quantitative estimate of drug-likeness (QED) is 0.0153. The van der Waals surface area contributed by atoms with Crippen molar-refractivity contribution in [2.24, 2.45) is 0 Å². The first-order chi connectivity index (χ1) is 27.2. The molecule has 0 bridgehead atoms. The smallest absolute Gasteiger partial charge is 0.462 e. The van der Waals surface area contributed by atoms with Crippen LogP contribution in [0.2, 0.25) is 0 Å². The summed E-state index contributed by atoms with van der Waals surface area (Å²) in [6.45, 7) is 0.259. The van der Waals surface area contributed by atoms with Crippen molar-refractivity contribution in [3.8, 4) is 0 Å². The molecular formula is C44H75O11P. The zero-order valence-electron chi connectivity index (χ0n) is 34.3. The summed E-state index contributed by atoms with van der Waals surface area (Å²) < 4.78 is 32.6. The molecule has 0 rings (SSSR count). The van der Waals surface area contributed by atoms with Crippen molar-refractivity contribution < 1.29 is 52.9 Å². The Morgan fingerprint density at radius 1 is 0.571 bits per heavy atom. The molecule has 0 aliphatic heterocycles. The van der Waals surface area contributed by atoms with Crippen LogP contribution in [-0.4, -0.2) is 77.4 Å². The van der Waals surface area contributed by atoms with Gasteiger partial charge in [-0.15, -0.1) is 0 Å². The molecule has 322 valence electrons. The van der Waals surface area contributed by atoms with Gasteiger partial charge in [0.1, 0.15) is 12.7 Å². The predicted octanol–water partition coefficient (Wildman–Crippen LogP) is 9.86. The van der Waals surface area contributed by atoms with Crippen LogP contribution < -0.4 is 0 Å². The molecule has 0 aromatic rings. The molecule has 0 saturated carbocycles. The zero-order chi connectivity index (χ0) is 41.2. The molecule has 56 heavy (non-hydrogen) atoms. The Morgan fingerprint density at radius 2 is 1.05 bits per heavy atom. The van der Waals surface area contributed by atoms with Crippen LogP contribution in [-0.2, 0) is 32.7 Å². The Labute approximate surface area is 338 Å². The minimum Gasteiger partial charge on any atom is -0.462 e. The lowest BCUT2D eigenvalue weighted by Gasteiger charge is -2.20. The van der Waals surface area contributed by atoms with Gasteiger partial charge in [0, 0.05) is 19.4 Å². The van der Waals surface area contributed by atoms with E-state index in [9.17, 15) is 24.2 Å². The molecule has 12 heteroatoms. The summed E-state index contributed by atoms with van der Waals surface area (Å²) in [4.78, 5) is 34.9. The van der Waals surface area contributed by atoms with E-state index in [1.807, 2.05) is 12.2 Å². The number of aliphatic hydroxyl groups excluding tert-OH is 3. The molecule has 1 unspecified atom stereocenters. The fraction of sp³-hybridized carbons (Fsp3) is 0.682. The molecular weight excluding hydrogens is 735 g/mol. The van der Waals surface area contributed by atoms with Crippen molar-refractivity contribution in [2.75, 3.05) is 33.0 Å². The second kappa shape index (κ2) is 40.6. The SMILES string of the molecule is CCCCCC/C=C\C=C/CCCCCCCC(=O)O[C@H](COC(=O)CCC/C=C\C/C=C\C/C=C\C/C=C\CCCCCO)COP(=O)(O)OC[C@@H](O)CO. The summed E-state index contributed by atoms with van der Waals surface area (Å²) in [7, 11) is -4.64. The van der Waals surface area contributed by atoms with Gasteiger partial charge in [-0.05, 0) is 83.5 Å². The van der Waals surface area contributed by atoms with E-state index in [2.05, 4.69) is 72.2 Å². The van der Waals surface area contributed by atoms with Gasteiger partial charge in [0.05, 0.1) is 19.8 Å². The summed E-state index contributed by atoms with van der Waals surface area (Å²) in [5.74, 6) is -1.03. The fourth-order valence-electron chi connectivity index (χ4n) is 5.13. The molecule has 0 spiro atoms. The third-order valence-electron chi connectivity index (χ3n) is 8.42. The molecule has 0 aromatic carbocycles. The minimum absolute atomic E-state index is 0.146. The van der Waals surface area contributed by atoms with E-state index in [0.717, 1.165) is 83.5 Å². The third kappa shape index (κ3) is 39.6. The van der Waals surface area contributed by atoms with Crippen LogP contribution in [0, 0.1) is 0 Å². The maximum Gasteiger partial charge on any atom is 0.472 e. The number of carbonyl (C=O) groups excluding carboxylic acids is 2. The second-order valence-corrected chi connectivity index (χ2v) is 15.2. The molecule has 4 N–H and O–H groups in total. The summed E-state index contributed by atoms with van der Waals surface area (Å²) >= 11 is 0. The Kier molecular flexibility index (Phi) is 38.7. The van der Waals surface area contributed by atoms with Crippen molar-refractivity contribution >= 4 is 19.8 Å². The topological polar surface area (TPSA) is 169 Å². The molecule has 0 amide bonds. The maximum absolute atomic E-state index is 12.6. The molecule has 0 aliphatic rings. The van der Waals surface area contributed by atoms with Crippen molar-refractivity contribution in [2.45, 2.75) is 160 Å². The van der Waals surface area contributed by atoms with Gasteiger partial charge < -0.3 is 29.7 Å². The summed E-state index contributed by atoms with van der Waals surface area (Å²) in [6.07, 6.45) is 43.1. The number of ether oxygens (including phenoxy) is 2. The number of phosphoric ester groups is 1. The summed E-state index contributed by atoms with van der Waals surface area (Å²) in [6, 6.07) is 0. The van der Waals surface area contributed by atoms with Crippen molar-refractivity contribution in [3.05, 3.63) is 72.9 Å². The van der Waals surface area contributed by atoms with E-state index in [0.29, 0.717) is 19.3 Å². The van der Waals surface area contributed by atoms with E-state index in [1.54, 1.807) is 0 Å². The van der Waals surface area contributed by atoms with Crippen LogP contribution in [0.15, 0.2) is 72.9 Å². The summed E-state index contributed by atoms with van der Waals surface area (Å²) in [5.41, 5.74) is 0. The molecule has 0 aromatic heterocycles. The Hall–Kier alpha value is -2.63. The second-order valence-electron chi connectivity index (χ2n) is 13.8. The van der Waals surface area contributed by atoms with Crippen LogP contribution >= 0.6 is 7.82 Å². The standard InChI is InChI=1S/C44H75O11P/c1-2-3-4-5-6-7-8-9-13-17-20-23-26-29-32-35-44(49)55-42(40-54-56(50,51)53-38-41(47)37-46)39-52-43(48)34-31-28-25-22-19-16-14-11-10-12-15-18-21-24-27-30-33-36-45/h7-10,12-14,16,18,21-22,25,41-42,45-47H,2-6,11,15,17,19-20,23-24,26-40H2,1H3,(H,50,51)/b8-7-,12-10-,13-9-,16-14-,21-18-,25-22-/t41-,42+/m0/s1. The van der Waals surface area contributed by atoms with Crippen LogP contribution in [0.4, 0.5) is 0 Å². The van der Waals surface area contributed by atoms with Crippen molar-refractivity contribution in [3.63, 3.8) is 0 Å². The van der Waals surface area contributed by atoms with E-state index in [1.165, 1.54) is 25.7 Å². The van der Waals surface area contributed by atoms with Crippen LogP contribution in [0.3, 0.4) is 0 Å². The highest BCUT2D eigenvalue weighted by Gasteiger charge is 2.27. The molecule has 0 radical (unpaired) electrons. The Morgan fingerprint density at radius 3 is 1.64 bits per heavy atom. The molecule has 11 nitrogen and oxygen atoms in total. The van der Waals surface area contributed by atoms with Gasteiger partial charge in [0.25, 0.3) is 0 Å². The van der Waals surface area contributed by atoms with Crippen LogP contribution in [0.5, 0.6) is 0 Å². The van der Waals surface area contributed by atoms with Gasteiger partial charge in [-0.3, -0.25) is 18.6 Å².